The highest BCUT2D eigenvalue weighted by Crippen LogP contribution is 2.32. The second-order valence-corrected chi connectivity index (χ2v) is 17.7. The number of carbonyl (C=O) groups excluding carboxylic acids is 1. The summed E-state index contributed by atoms with van der Waals surface area (Å²) >= 11 is 0. The number of amides is 1. The lowest BCUT2D eigenvalue weighted by atomic mass is 10.1. The zero-order valence-electron chi connectivity index (χ0n) is 19.5. The van der Waals surface area contributed by atoms with Crippen molar-refractivity contribution >= 4 is 39.3 Å². The summed E-state index contributed by atoms with van der Waals surface area (Å²) in [5.74, 6) is 0.976. The fourth-order valence-electron chi connectivity index (χ4n) is 2.53. The van der Waals surface area contributed by atoms with E-state index in [1.54, 1.807) is 0 Å². The van der Waals surface area contributed by atoms with Crippen molar-refractivity contribution in [2.45, 2.75) is 53.0 Å². The molecule has 0 saturated heterocycles. The van der Waals surface area contributed by atoms with Crippen molar-refractivity contribution in [3.05, 3.63) is 48.0 Å². The fourth-order valence-corrected chi connectivity index (χ4v) is 4.96. The molecule has 1 amide bonds. The number of nitrogens with one attached hydrogen (secondary N) is 1. The van der Waals surface area contributed by atoms with Crippen LogP contribution in [0.3, 0.4) is 0 Å². The Morgan fingerprint density at radius 2 is 1.43 bits per heavy atom. The minimum absolute atomic E-state index is 0.0624. The summed E-state index contributed by atoms with van der Waals surface area (Å²) in [6.07, 6.45) is -4.27. The molecule has 0 bridgehead atoms. The van der Waals surface area contributed by atoms with Crippen LogP contribution in [-0.2, 0) is 24.5 Å². The van der Waals surface area contributed by atoms with Crippen molar-refractivity contribution in [3.8, 4) is 11.5 Å². The molecule has 0 fully saturated rings. The Morgan fingerprint density at radius 3 is 1.89 bits per heavy atom. The van der Waals surface area contributed by atoms with Gasteiger partial charge < -0.3 is 10.4 Å². The van der Waals surface area contributed by atoms with Gasteiger partial charge in [0.25, 0.3) is 5.91 Å². The highest BCUT2D eigenvalue weighted by Gasteiger charge is 2.55. The summed E-state index contributed by atoms with van der Waals surface area (Å²) in [7, 11) is -9.75. The Bertz CT molecular complexity index is 1410. The topological polar surface area (TPSA) is 118 Å². The van der Waals surface area contributed by atoms with Crippen LogP contribution in [0.25, 0.3) is 0 Å². The van der Waals surface area contributed by atoms with Crippen molar-refractivity contribution in [2.24, 2.45) is 0 Å². The maximum absolute atomic E-state index is 13.1. The first-order chi connectivity index (χ1) is 15.7. The van der Waals surface area contributed by atoms with E-state index in [9.17, 15) is 39.9 Å². The van der Waals surface area contributed by atoms with Gasteiger partial charge in [-0.2, -0.15) is 13.2 Å². The van der Waals surface area contributed by atoms with Crippen LogP contribution in [0.1, 0.15) is 12.5 Å². The van der Waals surface area contributed by atoms with Gasteiger partial charge in [-0.1, -0.05) is 25.6 Å². The standard InChI is InChI=1S/C22H24F3NO6S2Si/c1-21(28,22(23,24)25)20(27)26-19-11-10-18(14-15(19)12-13-35(3,4)5)34(31,32)17-8-6-16(7-9-17)33(2,29)30/h6-11,14,28H,1-5H3,(H,26,27)/t21-/m1/s1. The molecule has 35 heavy (non-hydrogen) atoms. The van der Waals surface area contributed by atoms with Crippen LogP contribution in [0.2, 0.25) is 19.6 Å². The summed E-state index contributed by atoms with van der Waals surface area (Å²) in [5, 5.41) is 11.6. The summed E-state index contributed by atoms with van der Waals surface area (Å²) in [4.78, 5) is 11.6. The average Bonchev–Trinajstić information content (AvgIpc) is 2.70. The first-order valence-electron chi connectivity index (χ1n) is 9.99. The molecule has 1 atom stereocenters. The number of alkyl halides is 3. The van der Waals surface area contributed by atoms with E-state index in [-0.39, 0.29) is 25.9 Å². The molecule has 0 aliphatic heterocycles. The van der Waals surface area contributed by atoms with Gasteiger partial charge in [0.15, 0.2) is 9.84 Å². The smallest absolute Gasteiger partial charge is 0.373 e. The molecule has 0 aromatic heterocycles. The van der Waals surface area contributed by atoms with Gasteiger partial charge >= 0.3 is 6.18 Å². The Kier molecular flexibility index (Phi) is 7.69. The second kappa shape index (κ2) is 9.42. The Hall–Kier alpha value is -2.66. The van der Waals surface area contributed by atoms with E-state index in [0.29, 0.717) is 6.92 Å². The number of anilines is 1. The lowest BCUT2D eigenvalue weighted by Crippen LogP contribution is -2.52. The molecule has 2 aromatic rings. The predicted octanol–water partition coefficient (Wildman–Crippen LogP) is 3.40. The third-order valence-electron chi connectivity index (χ3n) is 4.68. The third kappa shape index (κ3) is 6.72. The van der Waals surface area contributed by atoms with Crippen LogP contribution in [0.4, 0.5) is 18.9 Å². The van der Waals surface area contributed by atoms with Gasteiger partial charge in [-0.3, -0.25) is 4.79 Å². The number of hydrogen-bond donors (Lipinski definition) is 2. The van der Waals surface area contributed by atoms with Gasteiger partial charge in [0.2, 0.25) is 15.4 Å². The molecule has 0 unspecified atom stereocenters. The predicted molar refractivity (Wildman–Crippen MR) is 127 cm³/mol. The average molecular weight is 548 g/mol. The monoisotopic (exact) mass is 547 g/mol. The zero-order chi connectivity index (χ0) is 27.0. The molecule has 2 aromatic carbocycles. The second-order valence-electron chi connectivity index (χ2n) is 8.98. The quantitative estimate of drug-likeness (QED) is 0.438. The molecule has 2 N–H and O–H groups in total. The van der Waals surface area contributed by atoms with Crippen molar-refractivity contribution < 1.29 is 39.9 Å². The Balaban J connectivity index is 2.60. The van der Waals surface area contributed by atoms with Crippen LogP contribution < -0.4 is 5.32 Å². The van der Waals surface area contributed by atoms with E-state index in [1.807, 2.05) is 25.0 Å². The summed E-state index contributed by atoms with van der Waals surface area (Å²) < 4.78 is 88.6. The van der Waals surface area contributed by atoms with Gasteiger partial charge in [0.05, 0.1) is 20.4 Å². The van der Waals surface area contributed by atoms with Crippen molar-refractivity contribution in [3.63, 3.8) is 0 Å². The van der Waals surface area contributed by atoms with E-state index in [0.717, 1.165) is 48.7 Å². The summed E-state index contributed by atoms with van der Waals surface area (Å²) in [6, 6.07) is 7.77. The van der Waals surface area contributed by atoms with Crippen LogP contribution in [0.5, 0.6) is 0 Å². The van der Waals surface area contributed by atoms with Crippen LogP contribution in [0, 0.1) is 11.5 Å². The molecule has 0 spiro atoms. The SMILES string of the molecule is C[C@@](O)(C(=O)Nc1ccc(S(=O)(=O)c2ccc(S(C)(=O)=O)cc2)cc1C#C[Si](C)(C)C)C(F)(F)F. The lowest BCUT2D eigenvalue weighted by Gasteiger charge is -2.25. The van der Waals surface area contributed by atoms with Crippen LogP contribution in [-0.4, -0.2) is 54.0 Å². The number of carbonyl (C=O) groups is 1. The third-order valence-corrected chi connectivity index (χ3v) is 8.45. The van der Waals surface area contributed by atoms with E-state index < -0.39 is 45.4 Å². The molecule has 0 saturated carbocycles. The van der Waals surface area contributed by atoms with Gasteiger partial charge in [-0.05, 0) is 49.4 Å². The minimum atomic E-state index is -5.25. The van der Waals surface area contributed by atoms with Gasteiger partial charge in [-0.15, -0.1) is 5.54 Å². The van der Waals surface area contributed by atoms with E-state index in [4.69, 9.17) is 0 Å². The first kappa shape index (κ1) is 28.6. The summed E-state index contributed by atoms with van der Waals surface area (Å²) in [6.45, 7) is 5.96. The number of benzene rings is 2. The van der Waals surface area contributed by atoms with Gasteiger partial charge in [0.1, 0.15) is 8.07 Å². The van der Waals surface area contributed by atoms with Crippen molar-refractivity contribution in [1.82, 2.24) is 0 Å². The highest BCUT2D eigenvalue weighted by atomic mass is 32.2. The number of hydrogen-bond acceptors (Lipinski definition) is 6. The Morgan fingerprint density at radius 1 is 0.943 bits per heavy atom. The van der Waals surface area contributed by atoms with E-state index >= 15 is 0 Å². The Labute approximate surface area is 203 Å². The molecule has 13 heteroatoms. The normalized spacial score (nSPS) is 14.4. The minimum Gasteiger partial charge on any atom is -0.373 e. The largest absolute Gasteiger partial charge is 0.426 e. The molecular formula is C22H24F3NO6S2Si. The lowest BCUT2D eigenvalue weighted by molar-refractivity contribution is -0.242. The van der Waals surface area contributed by atoms with Crippen LogP contribution in [0.15, 0.2) is 57.2 Å². The molecular weight excluding hydrogens is 523 g/mol. The summed E-state index contributed by atoms with van der Waals surface area (Å²) in [5.41, 5.74) is -1.01. The highest BCUT2D eigenvalue weighted by molar-refractivity contribution is 7.91. The molecule has 2 rings (SSSR count). The molecule has 0 heterocycles. The van der Waals surface area contributed by atoms with Crippen molar-refractivity contribution in [1.29, 1.82) is 0 Å². The zero-order valence-corrected chi connectivity index (χ0v) is 22.1. The number of aliphatic hydroxyl groups is 1. The van der Waals surface area contributed by atoms with Gasteiger partial charge in [-0.25, -0.2) is 16.8 Å². The maximum atomic E-state index is 13.1. The molecule has 7 nitrogen and oxygen atoms in total. The van der Waals surface area contributed by atoms with E-state index in [1.165, 1.54) is 0 Å². The molecule has 0 aliphatic carbocycles. The number of rotatable bonds is 5. The van der Waals surface area contributed by atoms with Gasteiger partial charge in [0, 0.05) is 11.8 Å². The number of halogens is 3. The van der Waals surface area contributed by atoms with Crippen LogP contribution >= 0.6 is 0 Å². The van der Waals surface area contributed by atoms with E-state index in [2.05, 4.69) is 11.5 Å². The molecule has 0 aliphatic rings. The molecule has 0 radical (unpaired) electrons. The first-order valence-corrected chi connectivity index (χ1v) is 16.9. The van der Waals surface area contributed by atoms with Crippen molar-refractivity contribution in [2.75, 3.05) is 11.6 Å². The fraction of sp³-hybridized carbons (Fsp3) is 0.318. The number of sulfone groups is 2. The maximum Gasteiger partial charge on any atom is 0.426 e. The molecule has 190 valence electrons.